The number of carbonyl (C=O) groups excluding carboxylic acids is 4. The first-order valence-electron chi connectivity index (χ1n) is 41.4. The zero-order chi connectivity index (χ0) is 81.8. The molecule has 20 rings (SSSR count). The van der Waals surface area contributed by atoms with Crippen molar-refractivity contribution >= 4 is 99.1 Å². The van der Waals surface area contributed by atoms with Crippen LogP contribution in [0.5, 0.6) is 5.88 Å². The third-order valence-corrected chi connectivity index (χ3v) is 24.6. The number of benzene rings is 1. The van der Waals surface area contributed by atoms with E-state index >= 15 is 0 Å². The molecule has 9 aromatic rings. The molecule has 119 heavy (non-hydrogen) atoms. The number of aryl methyl sites for hydroxylation is 3. The van der Waals surface area contributed by atoms with Crippen LogP contribution in [0.2, 0.25) is 5.02 Å². The molecule has 0 saturated carbocycles. The molecular formula is C83H101ClN28O7. The molecule has 11 aliphatic heterocycles. The normalized spacial score (nSPS) is 22.6. The first kappa shape index (κ1) is 79.8. The molecule has 8 bridgehead atoms. The summed E-state index contributed by atoms with van der Waals surface area (Å²) in [5, 5.41) is 42.3. The number of halogens is 1. The number of aromatic nitrogens is 12. The number of hydrogen-bond donors (Lipinski definition) is 8. The Morgan fingerprint density at radius 1 is 0.563 bits per heavy atom. The molecule has 9 atom stereocenters. The summed E-state index contributed by atoms with van der Waals surface area (Å²) in [5.74, 6) is 4.79. The summed E-state index contributed by atoms with van der Waals surface area (Å²) in [4.78, 5) is 118. The van der Waals surface area contributed by atoms with Crippen LogP contribution in [0.3, 0.4) is 0 Å². The maximum atomic E-state index is 13.5. The van der Waals surface area contributed by atoms with Crippen molar-refractivity contribution in [1.82, 2.24) is 85.0 Å². The molecule has 1 aromatic carbocycles. The highest BCUT2D eigenvalue weighted by molar-refractivity contribution is 6.34. The first-order valence-corrected chi connectivity index (χ1v) is 41.8. The lowest BCUT2D eigenvalue weighted by atomic mass is 9.95. The molecule has 19 heterocycles. The Balaban J connectivity index is 0.000000114. The summed E-state index contributed by atoms with van der Waals surface area (Å²) in [6.45, 7) is 22.0. The number of piperidine rings is 2. The number of nitrogens with zero attached hydrogens (tertiary/aromatic N) is 22. The van der Waals surface area contributed by atoms with Gasteiger partial charge in [-0.3, -0.25) is 70.4 Å². The summed E-state index contributed by atoms with van der Waals surface area (Å²) >= 11 is 6.68. The van der Waals surface area contributed by atoms with E-state index in [1.807, 2.05) is 66.9 Å². The summed E-state index contributed by atoms with van der Waals surface area (Å²) < 4.78 is 7.24. The van der Waals surface area contributed by atoms with Gasteiger partial charge < -0.3 is 50.1 Å². The molecule has 35 nitrogen and oxygen atoms in total. The van der Waals surface area contributed by atoms with Gasteiger partial charge in [-0.25, -0.2) is 49.1 Å². The van der Waals surface area contributed by atoms with Crippen LogP contribution in [0.15, 0.2) is 135 Å². The topological polar surface area (TPSA) is 369 Å². The van der Waals surface area contributed by atoms with E-state index in [2.05, 4.69) is 136 Å². The van der Waals surface area contributed by atoms with Gasteiger partial charge in [0.15, 0.2) is 29.1 Å². The van der Waals surface area contributed by atoms with E-state index in [1.165, 1.54) is 25.2 Å². The maximum absolute atomic E-state index is 13.5. The third kappa shape index (κ3) is 17.4. The Morgan fingerprint density at radius 3 is 1.79 bits per heavy atom. The predicted molar refractivity (Wildman–Crippen MR) is 454 cm³/mol. The van der Waals surface area contributed by atoms with Crippen LogP contribution in [0, 0.1) is 19.8 Å². The molecule has 36 heteroatoms. The second kappa shape index (κ2) is 35.5. The van der Waals surface area contributed by atoms with Gasteiger partial charge in [0.05, 0.1) is 89.2 Å². The summed E-state index contributed by atoms with van der Waals surface area (Å²) in [7, 11) is 0. The SMILES string of the molecule is CC1CCN(c2ccc3c(n2)N(C(=O)Nc2cnccn2)[C@H]2CCN3C2)CC1.CCn1cc(-c2cc3c(cc2Cl)N2CC[C@@H](C2)N3C(=O)Nc2ccnc(OC[C@@H](O)CO)c2)cn1.Cc1ccc(-c2ccc3c(n2)N(C(=O)Nc2cnccn2)[C@H]2CCN3C2)c(C)n1.O=C(Nc1cnccn1)N1C2NC(N3CCNCC3)CCC2N2CC[C@H]1C2. The van der Waals surface area contributed by atoms with E-state index < -0.39 is 12.7 Å². The van der Waals surface area contributed by atoms with Gasteiger partial charge in [0.1, 0.15) is 24.7 Å². The first-order chi connectivity index (χ1) is 58.0. The lowest BCUT2D eigenvalue weighted by Crippen LogP contribution is -2.72. The molecule has 8 fully saturated rings. The number of anilines is 11. The number of urea groups is 4. The van der Waals surface area contributed by atoms with Crippen molar-refractivity contribution in [2.45, 2.75) is 134 Å². The summed E-state index contributed by atoms with van der Waals surface area (Å²) in [6.07, 6.45) is 27.2. The minimum atomic E-state index is -1.00. The van der Waals surface area contributed by atoms with Crippen LogP contribution in [0.25, 0.3) is 22.4 Å². The molecule has 0 spiro atoms. The van der Waals surface area contributed by atoms with Gasteiger partial charge in [-0.05, 0) is 133 Å². The van der Waals surface area contributed by atoms with E-state index in [0.717, 1.165) is 211 Å². The fourth-order valence-electron chi connectivity index (χ4n) is 18.2. The second-order valence-electron chi connectivity index (χ2n) is 31.9. The smallest absolute Gasteiger partial charge is 0.329 e. The fourth-order valence-corrected chi connectivity index (χ4v) is 18.5. The summed E-state index contributed by atoms with van der Waals surface area (Å²) in [5.41, 5.74) is 9.67. The van der Waals surface area contributed by atoms with Crippen LogP contribution in [0.1, 0.15) is 76.6 Å². The minimum Gasteiger partial charge on any atom is -0.475 e. The van der Waals surface area contributed by atoms with E-state index in [-0.39, 0.29) is 66.9 Å². The Hall–Kier alpha value is -11.6. The number of hydrogen-bond acceptors (Lipinski definition) is 26. The number of nitrogens with one attached hydrogen (secondary N) is 6. The lowest BCUT2D eigenvalue weighted by Gasteiger charge is -2.53. The van der Waals surface area contributed by atoms with E-state index in [9.17, 15) is 24.3 Å². The van der Waals surface area contributed by atoms with Crippen molar-refractivity contribution in [3.63, 3.8) is 0 Å². The van der Waals surface area contributed by atoms with Crippen molar-refractivity contribution in [3.05, 3.63) is 151 Å². The predicted octanol–water partition coefficient (Wildman–Crippen LogP) is 8.61. The van der Waals surface area contributed by atoms with Crippen LogP contribution in [-0.2, 0) is 6.54 Å². The van der Waals surface area contributed by atoms with Crippen LogP contribution < -0.4 is 70.9 Å². The molecule has 0 aliphatic carbocycles. The van der Waals surface area contributed by atoms with Crippen LogP contribution in [0.4, 0.5) is 82.5 Å². The molecule has 0 radical (unpaired) electrons. The largest absolute Gasteiger partial charge is 0.475 e. The number of rotatable bonds is 13. The number of ether oxygens (including phenoxy) is 1. The number of aliphatic hydroxyl groups excluding tert-OH is 2. The Kier molecular flexibility index (Phi) is 23.8. The van der Waals surface area contributed by atoms with Crippen LogP contribution in [-0.4, -0.2) is 262 Å². The quantitative estimate of drug-likeness (QED) is 0.0535. The third-order valence-electron chi connectivity index (χ3n) is 24.3. The van der Waals surface area contributed by atoms with Gasteiger partial charge in [0.25, 0.3) is 0 Å². The Labute approximate surface area is 695 Å². The van der Waals surface area contributed by atoms with Crippen molar-refractivity contribution in [3.8, 4) is 28.3 Å². The number of aliphatic hydroxyl groups is 2. The zero-order valence-corrected chi connectivity index (χ0v) is 68.0. The van der Waals surface area contributed by atoms with Gasteiger partial charge >= 0.3 is 24.1 Å². The number of fused-ring (bicyclic) bond motifs is 16. The molecule has 8 amide bonds. The fraction of sp³-hybridized carbons (Fsp3) is 0.458. The number of pyridine rings is 4. The van der Waals surface area contributed by atoms with E-state index in [0.29, 0.717) is 46.2 Å². The average molecular weight is 1640 g/mol. The monoisotopic (exact) mass is 1640 g/mol. The van der Waals surface area contributed by atoms with Crippen molar-refractivity contribution in [2.24, 2.45) is 5.92 Å². The molecule has 8 aromatic heterocycles. The van der Waals surface area contributed by atoms with E-state index in [1.54, 1.807) is 77.7 Å². The van der Waals surface area contributed by atoms with Crippen LogP contribution >= 0.6 is 11.6 Å². The maximum Gasteiger partial charge on any atom is 0.329 e. The Bertz CT molecular complexity index is 5090. The highest BCUT2D eigenvalue weighted by Crippen LogP contribution is 2.47. The van der Waals surface area contributed by atoms with E-state index in [4.69, 9.17) is 31.4 Å². The summed E-state index contributed by atoms with van der Waals surface area (Å²) in [6, 6.07) is 19.6. The van der Waals surface area contributed by atoms with Gasteiger partial charge in [-0.2, -0.15) is 5.10 Å². The highest BCUT2D eigenvalue weighted by Gasteiger charge is 2.51. The number of piperazine rings is 2. The van der Waals surface area contributed by atoms with Gasteiger partial charge in [-0.15, -0.1) is 0 Å². The average Bonchev–Trinajstić information content (AvgIpc) is 1.15. The molecule has 8 saturated heterocycles. The number of carbonyl (C=O) groups is 4. The van der Waals surface area contributed by atoms with Gasteiger partial charge in [0, 0.05) is 200 Å². The minimum absolute atomic E-state index is 0.0344. The number of amides is 8. The highest BCUT2D eigenvalue weighted by atomic mass is 35.5. The van der Waals surface area contributed by atoms with Crippen molar-refractivity contribution < 1.29 is 34.1 Å². The molecule has 4 unspecified atom stereocenters. The van der Waals surface area contributed by atoms with Gasteiger partial charge in [-0.1, -0.05) is 18.5 Å². The van der Waals surface area contributed by atoms with Crippen molar-refractivity contribution in [1.29, 1.82) is 0 Å². The molecule has 8 N–H and O–H groups in total. The van der Waals surface area contributed by atoms with Crippen molar-refractivity contribution in [2.75, 3.05) is 160 Å². The lowest BCUT2D eigenvalue weighted by molar-refractivity contribution is -0.0249. The molecule has 11 aliphatic rings. The molecular weight excluding hydrogens is 1540 g/mol. The van der Waals surface area contributed by atoms with Gasteiger partial charge in [0.2, 0.25) is 5.88 Å². The Morgan fingerprint density at radius 2 is 1.17 bits per heavy atom. The standard InChI is InChI=1S/C24H27ClN6O4.C21H21N7O.C20H25N7O.C18H28N8O/c1-2-30-11-15(10-27-30)19-8-22-21(9-20(19)25)29-6-4-17(12-29)31(22)24(34)28-16-3-5-26-23(7-16)35-14-18(33)13-32;1-13-3-4-16(14(2)24-13)17-5-6-18-20(25-17)28(15-7-10-27(18)12-15)21(29)26-19-11-22-8-9-23-19;1-14-4-9-25(10-5-14)18-3-2-16-19(24-18)27(15-6-11-26(16)13-15)20(28)23-17-12-21-7-8-22-17;27-18(22-15-11-20-4-5-21-15)26-13-3-8-25(12-13)14-1-2-16(23-17(14)26)24-9-6-19-7-10-24/h3,5,7-11,17-18,32-33H,2,4,6,12-14H2,1H3,(H,26,28,34);3-6,8-9,11,15H,7,10,12H2,1-2H3,(H,23,26,29);2-3,7-8,12,14-15H,4-6,9-11,13H2,1H3,(H,22,23,28);4-5,11,13-14,16-17,19,23H,1-3,6-10,12H2,(H,21,22,27)/t17-,18-;2*15-;13-,14?,16?,17?/m0000/s1. The second-order valence-corrected chi connectivity index (χ2v) is 32.3. The zero-order valence-electron chi connectivity index (χ0n) is 67.2. The molecule has 622 valence electrons.